The topological polar surface area (TPSA) is 59.2 Å². The van der Waals surface area contributed by atoms with Gasteiger partial charge in [0, 0.05) is 25.0 Å². The molecule has 1 aromatic heterocycles. The number of aromatic nitrogens is 1. The van der Waals surface area contributed by atoms with Gasteiger partial charge in [-0.2, -0.15) is 11.8 Å². The zero-order valence-corrected chi connectivity index (χ0v) is 11.3. The molecular weight excluding hydrogens is 234 g/mol. The fourth-order valence-electron chi connectivity index (χ4n) is 1.43. The van der Waals surface area contributed by atoms with Gasteiger partial charge < -0.3 is 10.6 Å². The van der Waals surface area contributed by atoms with Crippen LogP contribution in [-0.2, 0) is 0 Å². The number of hydrogen-bond acceptors (Lipinski definition) is 4. The third kappa shape index (κ3) is 3.93. The molecule has 17 heavy (non-hydrogen) atoms. The average molecular weight is 253 g/mol. The quantitative estimate of drug-likeness (QED) is 0.870. The molecule has 1 amide bonds. The second-order valence-corrected chi connectivity index (χ2v) is 5.01. The fraction of sp³-hybridized carbons (Fsp3) is 0.500. The van der Waals surface area contributed by atoms with Crippen LogP contribution in [0.2, 0.25) is 0 Å². The van der Waals surface area contributed by atoms with E-state index in [1.54, 1.807) is 42.0 Å². The van der Waals surface area contributed by atoms with Crippen LogP contribution in [0.5, 0.6) is 0 Å². The highest BCUT2D eigenvalue weighted by atomic mass is 32.2. The van der Waals surface area contributed by atoms with Crippen LogP contribution in [0.1, 0.15) is 23.8 Å². The first-order valence-electron chi connectivity index (χ1n) is 5.54. The van der Waals surface area contributed by atoms with Crippen molar-refractivity contribution in [3.05, 3.63) is 24.0 Å². The molecule has 1 heterocycles. The number of pyridine rings is 1. The number of nitrogen functional groups attached to an aromatic ring is 1. The van der Waals surface area contributed by atoms with Crippen molar-refractivity contribution in [1.29, 1.82) is 0 Å². The molecule has 5 heteroatoms. The van der Waals surface area contributed by atoms with E-state index in [4.69, 9.17) is 5.73 Å². The van der Waals surface area contributed by atoms with Gasteiger partial charge in [0.05, 0.1) is 0 Å². The number of thioether (sulfide) groups is 1. The van der Waals surface area contributed by atoms with Crippen molar-refractivity contribution in [2.75, 3.05) is 24.8 Å². The number of amides is 1. The molecular formula is C12H19N3OS. The minimum absolute atomic E-state index is 0.0779. The maximum atomic E-state index is 12.1. The molecule has 1 aromatic rings. The van der Waals surface area contributed by atoms with Crippen LogP contribution < -0.4 is 5.73 Å². The molecule has 94 valence electrons. The molecule has 0 saturated carbocycles. The van der Waals surface area contributed by atoms with Crippen molar-refractivity contribution < 1.29 is 4.79 Å². The van der Waals surface area contributed by atoms with E-state index >= 15 is 0 Å². The fourth-order valence-corrected chi connectivity index (χ4v) is 2.00. The first-order chi connectivity index (χ1) is 8.06. The summed E-state index contributed by atoms with van der Waals surface area (Å²) in [4.78, 5) is 17.9. The van der Waals surface area contributed by atoms with Gasteiger partial charge >= 0.3 is 0 Å². The van der Waals surface area contributed by atoms with Crippen LogP contribution >= 0.6 is 11.8 Å². The van der Waals surface area contributed by atoms with Gasteiger partial charge in [-0.1, -0.05) is 0 Å². The lowest BCUT2D eigenvalue weighted by molar-refractivity contribution is 0.0735. The number of nitrogens with zero attached hydrogens (tertiary/aromatic N) is 2. The summed E-state index contributed by atoms with van der Waals surface area (Å²) in [7, 11) is 1.80. The molecule has 0 fully saturated rings. The normalized spacial score (nSPS) is 12.2. The zero-order valence-electron chi connectivity index (χ0n) is 10.5. The molecule has 1 rings (SSSR count). The number of carbonyl (C=O) groups is 1. The molecule has 2 N–H and O–H groups in total. The molecule has 0 saturated heterocycles. The Bertz CT molecular complexity index is 384. The molecule has 4 nitrogen and oxygen atoms in total. The molecule has 0 aliphatic carbocycles. The largest absolute Gasteiger partial charge is 0.399 e. The standard InChI is InChI=1S/C12H19N3OS/c1-9(5-7-17-3)15(2)12(16)11-8-10(13)4-6-14-11/h4,6,8-9H,5,7H2,1-3H3,(H2,13,14). The Morgan fingerprint density at radius 2 is 2.35 bits per heavy atom. The number of rotatable bonds is 5. The van der Waals surface area contributed by atoms with Crippen LogP contribution in [0.25, 0.3) is 0 Å². The lowest BCUT2D eigenvalue weighted by Gasteiger charge is -2.24. The Hall–Kier alpha value is -1.23. The maximum absolute atomic E-state index is 12.1. The molecule has 0 bridgehead atoms. The van der Waals surface area contributed by atoms with E-state index < -0.39 is 0 Å². The Kier molecular flexibility index (Phi) is 5.28. The minimum atomic E-state index is -0.0779. The van der Waals surface area contributed by atoms with Crippen molar-refractivity contribution in [2.24, 2.45) is 0 Å². The summed E-state index contributed by atoms with van der Waals surface area (Å²) < 4.78 is 0. The van der Waals surface area contributed by atoms with E-state index in [9.17, 15) is 4.79 Å². The van der Waals surface area contributed by atoms with Gasteiger partial charge in [0.2, 0.25) is 0 Å². The third-order valence-corrected chi connectivity index (χ3v) is 3.37. The van der Waals surface area contributed by atoms with Crippen molar-refractivity contribution in [1.82, 2.24) is 9.88 Å². The maximum Gasteiger partial charge on any atom is 0.272 e. The van der Waals surface area contributed by atoms with Crippen molar-refractivity contribution in [3.63, 3.8) is 0 Å². The van der Waals surface area contributed by atoms with Gasteiger partial charge in [-0.3, -0.25) is 9.78 Å². The van der Waals surface area contributed by atoms with Gasteiger partial charge in [0.15, 0.2) is 0 Å². The first kappa shape index (κ1) is 13.8. The lowest BCUT2D eigenvalue weighted by Crippen LogP contribution is -2.35. The second-order valence-electron chi connectivity index (χ2n) is 4.02. The van der Waals surface area contributed by atoms with Gasteiger partial charge in [0.1, 0.15) is 5.69 Å². The van der Waals surface area contributed by atoms with Crippen LogP contribution in [0.15, 0.2) is 18.3 Å². The van der Waals surface area contributed by atoms with Crippen molar-refractivity contribution >= 4 is 23.4 Å². The monoisotopic (exact) mass is 253 g/mol. The van der Waals surface area contributed by atoms with Crippen LogP contribution in [0.3, 0.4) is 0 Å². The summed E-state index contributed by atoms with van der Waals surface area (Å²) in [5.74, 6) is 0.967. The van der Waals surface area contributed by atoms with Gasteiger partial charge in [-0.25, -0.2) is 0 Å². The Labute approximate surface area is 107 Å². The first-order valence-corrected chi connectivity index (χ1v) is 6.93. The molecule has 0 spiro atoms. The summed E-state index contributed by atoms with van der Waals surface area (Å²) in [6.07, 6.45) is 4.60. The number of nitrogens with two attached hydrogens (primary N) is 1. The number of anilines is 1. The van der Waals surface area contributed by atoms with E-state index in [2.05, 4.69) is 11.2 Å². The van der Waals surface area contributed by atoms with Crippen LogP contribution in [-0.4, -0.2) is 40.9 Å². The highest BCUT2D eigenvalue weighted by Gasteiger charge is 2.18. The molecule has 0 radical (unpaired) electrons. The van der Waals surface area contributed by atoms with Crippen molar-refractivity contribution in [2.45, 2.75) is 19.4 Å². The highest BCUT2D eigenvalue weighted by molar-refractivity contribution is 7.98. The smallest absolute Gasteiger partial charge is 0.272 e. The average Bonchev–Trinajstić information content (AvgIpc) is 2.34. The summed E-state index contributed by atoms with van der Waals surface area (Å²) in [6.45, 7) is 2.04. The van der Waals surface area contributed by atoms with E-state index in [1.807, 2.05) is 6.92 Å². The Balaban J connectivity index is 2.69. The van der Waals surface area contributed by atoms with E-state index in [-0.39, 0.29) is 11.9 Å². The number of hydrogen-bond donors (Lipinski definition) is 1. The molecule has 0 aliphatic heterocycles. The van der Waals surface area contributed by atoms with E-state index in [0.717, 1.165) is 12.2 Å². The molecule has 1 unspecified atom stereocenters. The zero-order chi connectivity index (χ0) is 12.8. The number of carbonyl (C=O) groups excluding carboxylic acids is 1. The molecule has 0 aliphatic rings. The third-order valence-electron chi connectivity index (χ3n) is 2.72. The predicted molar refractivity (Wildman–Crippen MR) is 73.2 cm³/mol. The Morgan fingerprint density at radius 1 is 1.65 bits per heavy atom. The van der Waals surface area contributed by atoms with E-state index in [1.165, 1.54) is 0 Å². The molecule has 1 atom stereocenters. The summed E-state index contributed by atoms with van der Waals surface area (Å²) in [6, 6.07) is 3.49. The van der Waals surface area contributed by atoms with Crippen LogP contribution in [0.4, 0.5) is 5.69 Å². The minimum Gasteiger partial charge on any atom is -0.399 e. The van der Waals surface area contributed by atoms with Crippen LogP contribution in [0, 0.1) is 0 Å². The second kappa shape index (κ2) is 6.49. The summed E-state index contributed by atoms with van der Waals surface area (Å²) in [5, 5.41) is 0. The lowest BCUT2D eigenvalue weighted by atomic mass is 10.2. The highest BCUT2D eigenvalue weighted by Crippen LogP contribution is 2.11. The SMILES string of the molecule is CSCCC(C)N(C)C(=O)c1cc(N)ccn1. The van der Waals surface area contributed by atoms with Gasteiger partial charge in [0.25, 0.3) is 5.91 Å². The Morgan fingerprint density at radius 3 is 2.94 bits per heavy atom. The van der Waals surface area contributed by atoms with Gasteiger partial charge in [-0.05, 0) is 37.5 Å². The van der Waals surface area contributed by atoms with Gasteiger partial charge in [-0.15, -0.1) is 0 Å². The molecule has 0 aromatic carbocycles. The predicted octanol–water partition coefficient (Wildman–Crippen LogP) is 1.88. The van der Waals surface area contributed by atoms with E-state index in [0.29, 0.717) is 11.4 Å². The summed E-state index contributed by atoms with van der Waals surface area (Å²) in [5.41, 5.74) is 6.61. The van der Waals surface area contributed by atoms with Crippen molar-refractivity contribution in [3.8, 4) is 0 Å². The summed E-state index contributed by atoms with van der Waals surface area (Å²) >= 11 is 1.78.